The molecule has 2 aromatic rings. The summed E-state index contributed by atoms with van der Waals surface area (Å²) in [5.74, 6) is 0.818. The summed E-state index contributed by atoms with van der Waals surface area (Å²) < 4.78 is 10.4. The lowest BCUT2D eigenvalue weighted by Crippen LogP contribution is -2.38. The molecule has 1 amide bonds. The first kappa shape index (κ1) is 15.6. The maximum Gasteiger partial charge on any atom is 0.262 e. The Balaban J connectivity index is 2.04. The van der Waals surface area contributed by atoms with Crippen LogP contribution >= 0.6 is 0 Å². The maximum atomic E-state index is 12.0. The molecule has 0 fully saturated rings. The number of hydrogen-bond donors (Lipinski definition) is 2. The minimum absolute atomic E-state index is 0.0873. The topological polar surface area (TPSA) is 99.4 Å². The third-order valence-corrected chi connectivity index (χ3v) is 3.06. The van der Waals surface area contributed by atoms with Gasteiger partial charge >= 0.3 is 0 Å². The van der Waals surface area contributed by atoms with Crippen LogP contribution in [0.4, 0.5) is 0 Å². The number of nitriles is 1. The summed E-state index contributed by atoms with van der Waals surface area (Å²) in [6, 6.07) is 8.46. The molecule has 1 unspecified atom stereocenters. The number of carbonyl (C=O) groups is 1. The molecule has 6 heteroatoms. The Morgan fingerprint density at radius 3 is 2.82 bits per heavy atom. The highest BCUT2D eigenvalue weighted by molar-refractivity contribution is 6.01. The molecule has 0 aliphatic rings. The minimum atomic E-state index is -1.37. The van der Waals surface area contributed by atoms with Crippen LogP contribution in [-0.2, 0) is 10.4 Å². The Morgan fingerprint density at radius 1 is 1.50 bits per heavy atom. The zero-order chi connectivity index (χ0) is 16.2. The summed E-state index contributed by atoms with van der Waals surface area (Å²) in [5.41, 5.74) is -1.48. The fourth-order valence-corrected chi connectivity index (χ4v) is 1.82. The molecule has 6 nitrogen and oxygen atoms in total. The fourth-order valence-electron chi connectivity index (χ4n) is 1.82. The zero-order valence-electron chi connectivity index (χ0n) is 12.3. The molecule has 2 rings (SSSR count). The van der Waals surface area contributed by atoms with Gasteiger partial charge in [0.25, 0.3) is 5.91 Å². The van der Waals surface area contributed by atoms with Crippen molar-refractivity contribution in [3.63, 3.8) is 0 Å². The van der Waals surface area contributed by atoms with Crippen molar-refractivity contribution >= 4 is 12.0 Å². The van der Waals surface area contributed by atoms with Gasteiger partial charge < -0.3 is 19.3 Å². The summed E-state index contributed by atoms with van der Waals surface area (Å²) >= 11 is 0. The van der Waals surface area contributed by atoms with E-state index in [9.17, 15) is 9.90 Å². The van der Waals surface area contributed by atoms with E-state index in [1.54, 1.807) is 37.3 Å². The number of nitrogens with zero attached hydrogens (tertiary/aromatic N) is 1. The Morgan fingerprint density at radius 2 is 2.27 bits per heavy atom. The molecular formula is C16H16N2O4. The van der Waals surface area contributed by atoms with Crippen LogP contribution < -0.4 is 5.32 Å². The van der Waals surface area contributed by atoms with Gasteiger partial charge in [-0.2, -0.15) is 5.26 Å². The van der Waals surface area contributed by atoms with Gasteiger partial charge in [0.15, 0.2) is 0 Å². The van der Waals surface area contributed by atoms with Gasteiger partial charge in [0.2, 0.25) is 0 Å². The van der Waals surface area contributed by atoms with E-state index < -0.39 is 11.5 Å². The molecule has 0 aromatic carbocycles. The Kier molecular flexibility index (Phi) is 4.49. The Labute approximate surface area is 127 Å². The van der Waals surface area contributed by atoms with E-state index in [1.165, 1.54) is 19.3 Å². The molecule has 2 heterocycles. The lowest BCUT2D eigenvalue weighted by molar-refractivity contribution is -0.118. The van der Waals surface area contributed by atoms with E-state index in [0.717, 1.165) is 0 Å². The number of nitrogens with one attached hydrogen (secondary N) is 1. The number of amides is 1. The smallest absolute Gasteiger partial charge is 0.262 e. The minimum Gasteiger partial charge on any atom is -0.465 e. The van der Waals surface area contributed by atoms with E-state index in [2.05, 4.69) is 5.32 Å². The molecule has 0 saturated carbocycles. The van der Waals surface area contributed by atoms with Crippen LogP contribution in [0.15, 0.2) is 44.9 Å². The van der Waals surface area contributed by atoms with E-state index in [4.69, 9.17) is 14.1 Å². The van der Waals surface area contributed by atoms with Gasteiger partial charge in [-0.25, -0.2) is 0 Å². The normalized spacial score (nSPS) is 14.2. The highest BCUT2D eigenvalue weighted by atomic mass is 16.4. The highest BCUT2D eigenvalue weighted by Crippen LogP contribution is 2.22. The van der Waals surface area contributed by atoms with Crippen LogP contribution in [0.2, 0.25) is 0 Å². The van der Waals surface area contributed by atoms with Crippen molar-refractivity contribution in [2.75, 3.05) is 6.54 Å². The van der Waals surface area contributed by atoms with Gasteiger partial charge in [0, 0.05) is 6.08 Å². The van der Waals surface area contributed by atoms with Gasteiger partial charge in [0.05, 0.1) is 12.8 Å². The van der Waals surface area contributed by atoms with Crippen molar-refractivity contribution in [1.29, 1.82) is 5.26 Å². The predicted molar refractivity (Wildman–Crippen MR) is 78.3 cm³/mol. The summed E-state index contributed by atoms with van der Waals surface area (Å²) in [4.78, 5) is 12.0. The van der Waals surface area contributed by atoms with Crippen LogP contribution in [0.3, 0.4) is 0 Å². The molecule has 0 radical (unpaired) electrons. The van der Waals surface area contributed by atoms with Crippen molar-refractivity contribution in [2.45, 2.75) is 19.4 Å². The molecular weight excluding hydrogens is 284 g/mol. The maximum absolute atomic E-state index is 12.0. The Bertz CT molecular complexity index is 718. The van der Waals surface area contributed by atoms with Gasteiger partial charge in [-0.3, -0.25) is 4.79 Å². The molecule has 0 aliphatic carbocycles. The average Bonchev–Trinajstić information content (AvgIpc) is 3.13. The predicted octanol–water partition coefficient (Wildman–Crippen LogP) is 2.11. The van der Waals surface area contributed by atoms with E-state index in [-0.39, 0.29) is 12.1 Å². The van der Waals surface area contributed by atoms with Crippen molar-refractivity contribution in [3.05, 3.63) is 53.4 Å². The standard InChI is InChI=1S/C16H16N2O4/c1-11-5-6-14(22-11)16(2,20)10-18-15(19)12(9-17)8-13-4-3-7-21-13/h3-8,20H,10H2,1-2H3,(H,18,19)/b12-8+. The van der Waals surface area contributed by atoms with Crippen LogP contribution in [0, 0.1) is 18.3 Å². The number of carbonyl (C=O) groups excluding carboxylic acids is 1. The molecule has 0 aliphatic heterocycles. The SMILES string of the molecule is Cc1ccc(C(C)(O)CNC(=O)/C(C#N)=C/c2ccco2)o1. The second-order valence-corrected chi connectivity index (χ2v) is 5.05. The number of aliphatic hydroxyl groups is 1. The van der Waals surface area contributed by atoms with Crippen molar-refractivity contribution in [1.82, 2.24) is 5.32 Å². The van der Waals surface area contributed by atoms with Crippen LogP contribution in [-0.4, -0.2) is 17.6 Å². The molecule has 0 spiro atoms. The second kappa shape index (κ2) is 6.33. The van der Waals surface area contributed by atoms with Crippen LogP contribution in [0.5, 0.6) is 0 Å². The summed E-state index contributed by atoms with van der Waals surface area (Å²) in [7, 11) is 0. The molecule has 2 N–H and O–H groups in total. The van der Waals surface area contributed by atoms with Gasteiger partial charge in [-0.15, -0.1) is 0 Å². The van der Waals surface area contributed by atoms with E-state index in [0.29, 0.717) is 17.3 Å². The summed E-state index contributed by atoms with van der Waals surface area (Å²) in [6.45, 7) is 3.20. The van der Waals surface area contributed by atoms with Crippen LogP contribution in [0.1, 0.15) is 24.2 Å². The summed E-state index contributed by atoms with van der Waals surface area (Å²) in [5, 5.41) is 21.9. The third-order valence-electron chi connectivity index (χ3n) is 3.06. The molecule has 22 heavy (non-hydrogen) atoms. The van der Waals surface area contributed by atoms with Gasteiger partial charge in [0.1, 0.15) is 34.5 Å². The van der Waals surface area contributed by atoms with E-state index >= 15 is 0 Å². The largest absolute Gasteiger partial charge is 0.465 e. The lowest BCUT2D eigenvalue weighted by Gasteiger charge is -2.21. The molecule has 1 atom stereocenters. The Hall–Kier alpha value is -2.78. The number of furan rings is 2. The van der Waals surface area contributed by atoms with Crippen molar-refractivity contribution in [3.8, 4) is 6.07 Å². The first-order valence-electron chi connectivity index (χ1n) is 6.65. The molecule has 114 valence electrons. The third kappa shape index (κ3) is 3.65. The lowest BCUT2D eigenvalue weighted by atomic mass is 10.0. The molecule has 2 aromatic heterocycles. The number of hydrogen-bond acceptors (Lipinski definition) is 5. The van der Waals surface area contributed by atoms with Crippen LogP contribution in [0.25, 0.3) is 6.08 Å². The van der Waals surface area contributed by atoms with Gasteiger partial charge in [-0.05, 0) is 38.1 Å². The number of rotatable bonds is 5. The average molecular weight is 300 g/mol. The second-order valence-electron chi connectivity index (χ2n) is 5.05. The van der Waals surface area contributed by atoms with E-state index in [1.807, 2.05) is 0 Å². The van der Waals surface area contributed by atoms with Crippen molar-refractivity contribution < 1.29 is 18.7 Å². The van der Waals surface area contributed by atoms with Gasteiger partial charge in [-0.1, -0.05) is 0 Å². The summed E-state index contributed by atoms with van der Waals surface area (Å²) in [6.07, 6.45) is 2.78. The first-order valence-corrected chi connectivity index (χ1v) is 6.65. The quantitative estimate of drug-likeness (QED) is 0.650. The molecule has 0 saturated heterocycles. The number of aryl methyl sites for hydroxylation is 1. The highest BCUT2D eigenvalue weighted by Gasteiger charge is 2.28. The first-order chi connectivity index (χ1) is 10.4. The van der Waals surface area contributed by atoms with Crippen molar-refractivity contribution in [2.24, 2.45) is 0 Å². The molecule has 0 bridgehead atoms. The zero-order valence-corrected chi connectivity index (χ0v) is 12.3. The monoisotopic (exact) mass is 300 g/mol. The fraction of sp³-hybridized carbons (Fsp3) is 0.250.